The second kappa shape index (κ2) is 7.25. The van der Waals surface area contributed by atoms with Crippen molar-refractivity contribution < 1.29 is 15.0 Å². The molecule has 1 saturated carbocycles. The van der Waals surface area contributed by atoms with E-state index in [0.717, 1.165) is 19.4 Å². The summed E-state index contributed by atoms with van der Waals surface area (Å²) in [4.78, 5) is 13.8. The molecule has 0 aromatic heterocycles. The molecule has 1 aliphatic carbocycles. The summed E-state index contributed by atoms with van der Waals surface area (Å²) in [5.41, 5.74) is 0.950. The number of aliphatic hydroxyl groups excluding tert-OH is 1. The van der Waals surface area contributed by atoms with Gasteiger partial charge in [-0.2, -0.15) is 0 Å². The Balaban J connectivity index is 2.21. The van der Waals surface area contributed by atoms with Crippen molar-refractivity contribution in [1.82, 2.24) is 4.90 Å². The fraction of sp³-hybridized carbons (Fsp3) is 0.562. The molecule has 1 fully saturated rings. The quantitative estimate of drug-likeness (QED) is 0.760. The van der Waals surface area contributed by atoms with Crippen LogP contribution >= 0.6 is 11.6 Å². The number of halogens is 1. The Morgan fingerprint density at radius 2 is 2.14 bits per heavy atom. The monoisotopic (exact) mass is 311 g/mol. The highest BCUT2D eigenvalue weighted by Crippen LogP contribution is 2.32. The minimum absolute atomic E-state index is 0.0280. The van der Waals surface area contributed by atoms with Crippen LogP contribution in [0.2, 0.25) is 5.02 Å². The fourth-order valence-electron chi connectivity index (χ4n) is 2.68. The van der Waals surface area contributed by atoms with Gasteiger partial charge in [0.1, 0.15) is 5.75 Å². The van der Waals surface area contributed by atoms with Gasteiger partial charge in [0.2, 0.25) is 0 Å². The third kappa shape index (κ3) is 3.96. The largest absolute Gasteiger partial charge is 0.507 e. The van der Waals surface area contributed by atoms with Gasteiger partial charge in [-0.25, -0.2) is 0 Å². The molecule has 0 aliphatic heterocycles. The van der Waals surface area contributed by atoms with E-state index in [1.807, 2.05) is 0 Å². The standard InChI is InChI=1S/C16H22ClNO3/c1-11(20)15-9-13(17)8-12(16(15)21)10-18(6-3-7-19)14-4-2-5-14/h8-9,14,19,21H,2-7,10H2,1H3. The first-order chi connectivity index (χ1) is 10.0. The number of hydrogen-bond donors (Lipinski definition) is 2. The summed E-state index contributed by atoms with van der Waals surface area (Å²) < 4.78 is 0. The summed E-state index contributed by atoms with van der Waals surface area (Å²) in [5.74, 6) is -0.165. The highest BCUT2D eigenvalue weighted by Gasteiger charge is 2.26. The van der Waals surface area contributed by atoms with Gasteiger partial charge in [0.15, 0.2) is 5.78 Å². The minimum atomic E-state index is -0.193. The van der Waals surface area contributed by atoms with Crippen molar-refractivity contribution in [3.8, 4) is 5.75 Å². The number of aromatic hydroxyl groups is 1. The SMILES string of the molecule is CC(=O)c1cc(Cl)cc(CN(CCCO)C2CCC2)c1O. The van der Waals surface area contributed by atoms with Crippen LogP contribution in [0.25, 0.3) is 0 Å². The van der Waals surface area contributed by atoms with Gasteiger partial charge in [-0.15, -0.1) is 0 Å². The number of rotatable bonds is 7. The number of benzene rings is 1. The number of Topliss-reactive ketones (excluding diaryl/α,β-unsaturated/α-hetero) is 1. The maximum Gasteiger partial charge on any atom is 0.163 e. The zero-order chi connectivity index (χ0) is 15.4. The third-order valence-corrected chi connectivity index (χ3v) is 4.32. The van der Waals surface area contributed by atoms with Gasteiger partial charge < -0.3 is 10.2 Å². The lowest BCUT2D eigenvalue weighted by atomic mass is 9.90. The van der Waals surface area contributed by atoms with Crippen LogP contribution in [-0.4, -0.2) is 40.1 Å². The number of nitrogens with zero attached hydrogens (tertiary/aromatic N) is 1. The number of carbonyl (C=O) groups is 1. The van der Waals surface area contributed by atoms with Crippen LogP contribution in [0.15, 0.2) is 12.1 Å². The van der Waals surface area contributed by atoms with E-state index in [2.05, 4.69) is 4.90 Å². The lowest BCUT2D eigenvalue weighted by Crippen LogP contribution is -2.40. The van der Waals surface area contributed by atoms with E-state index in [9.17, 15) is 9.90 Å². The first-order valence-corrected chi connectivity index (χ1v) is 7.78. The van der Waals surface area contributed by atoms with Gasteiger partial charge >= 0.3 is 0 Å². The van der Waals surface area contributed by atoms with E-state index in [0.29, 0.717) is 29.6 Å². The van der Waals surface area contributed by atoms with Crippen molar-refractivity contribution >= 4 is 17.4 Å². The molecule has 4 nitrogen and oxygen atoms in total. The molecule has 1 aromatic carbocycles. The molecular weight excluding hydrogens is 290 g/mol. The van der Waals surface area contributed by atoms with Crippen LogP contribution in [0.4, 0.5) is 0 Å². The average molecular weight is 312 g/mol. The molecule has 0 bridgehead atoms. The molecule has 0 unspecified atom stereocenters. The molecule has 0 amide bonds. The predicted octanol–water partition coefficient (Wildman–Crippen LogP) is 2.99. The normalized spacial score (nSPS) is 15.2. The molecule has 0 radical (unpaired) electrons. The highest BCUT2D eigenvalue weighted by molar-refractivity contribution is 6.31. The number of hydrogen-bond acceptors (Lipinski definition) is 4. The molecule has 21 heavy (non-hydrogen) atoms. The van der Waals surface area contributed by atoms with Crippen LogP contribution in [-0.2, 0) is 6.54 Å². The molecule has 0 saturated heterocycles. The highest BCUT2D eigenvalue weighted by atomic mass is 35.5. The van der Waals surface area contributed by atoms with Gasteiger partial charge in [-0.1, -0.05) is 18.0 Å². The summed E-state index contributed by atoms with van der Waals surface area (Å²) in [5, 5.41) is 19.8. The topological polar surface area (TPSA) is 60.8 Å². The van der Waals surface area contributed by atoms with Gasteiger partial charge in [-0.05, 0) is 38.3 Å². The number of aliphatic hydroxyl groups is 1. The van der Waals surface area contributed by atoms with E-state index in [-0.39, 0.29) is 23.7 Å². The van der Waals surface area contributed by atoms with E-state index < -0.39 is 0 Å². The zero-order valence-corrected chi connectivity index (χ0v) is 13.1. The van der Waals surface area contributed by atoms with E-state index in [4.69, 9.17) is 16.7 Å². The van der Waals surface area contributed by atoms with Crippen molar-refractivity contribution in [3.63, 3.8) is 0 Å². The third-order valence-electron chi connectivity index (χ3n) is 4.10. The summed E-state index contributed by atoms with van der Waals surface area (Å²) in [7, 11) is 0. The predicted molar refractivity (Wildman–Crippen MR) is 82.9 cm³/mol. The van der Waals surface area contributed by atoms with E-state index in [1.165, 1.54) is 19.4 Å². The second-order valence-electron chi connectivity index (χ2n) is 5.65. The maximum atomic E-state index is 11.6. The van der Waals surface area contributed by atoms with Crippen molar-refractivity contribution in [2.75, 3.05) is 13.2 Å². The van der Waals surface area contributed by atoms with Crippen LogP contribution in [0.1, 0.15) is 48.5 Å². The Labute approximate surface area is 130 Å². The lowest BCUT2D eigenvalue weighted by molar-refractivity contribution is 0.101. The van der Waals surface area contributed by atoms with Crippen molar-refractivity contribution in [3.05, 3.63) is 28.3 Å². The number of ketones is 1. The molecule has 0 heterocycles. The first-order valence-electron chi connectivity index (χ1n) is 7.40. The second-order valence-corrected chi connectivity index (χ2v) is 6.09. The molecule has 116 valence electrons. The van der Waals surface area contributed by atoms with Crippen molar-refractivity contribution in [2.24, 2.45) is 0 Å². The molecule has 1 aromatic rings. The van der Waals surface area contributed by atoms with Gasteiger partial charge in [0.05, 0.1) is 5.56 Å². The van der Waals surface area contributed by atoms with Crippen LogP contribution in [0, 0.1) is 0 Å². The number of phenols is 1. The first kappa shape index (κ1) is 16.3. The van der Waals surface area contributed by atoms with Crippen molar-refractivity contribution in [1.29, 1.82) is 0 Å². The molecule has 2 N–H and O–H groups in total. The maximum absolute atomic E-state index is 11.6. The minimum Gasteiger partial charge on any atom is -0.507 e. The summed E-state index contributed by atoms with van der Waals surface area (Å²) in [6.45, 7) is 2.91. The molecule has 5 heteroatoms. The Bertz CT molecular complexity index is 514. The fourth-order valence-corrected chi connectivity index (χ4v) is 2.92. The smallest absolute Gasteiger partial charge is 0.163 e. The summed E-state index contributed by atoms with van der Waals surface area (Å²) in [6, 6.07) is 3.72. The van der Waals surface area contributed by atoms with E-state index >= 15 is 0 Å². The van der Waals surface area contributed by atoms with Gasteiger partial charge in [0, 0.05) is 36.3 Å². The van der Waals surface area contributed by atoms with E-state index in [1.54, 1.807) is 6.07 Å². The molecular formula is C16H22ClNO3. The molecule has 2 rings (SSSR count). The average Bonchev–Trinajstić information content (AvgIpc) is 2.37. The Morgan fingerprint density at radius 1 is 1.43 bits per heavy atom. The Morgan fingerprint density at radius 3 is 2.67 bits per heavy atom. The number of carbonyl (C=O) groups excluding carboxylic acids is 1. The molecule has 0 spiro atoms. The van der Waals surface area contributed by atoms with Crippen LogP contribution in [0.5, 0.6) is 5.75 Å². The summed E-state index contributed by atoms with van der Waals surface area (Å²) in [6.07, 6.45) is 4.22. The molecule has 0 atom stereocenters. The Kier molecular flexibility index (Phi) is 5.62. The van der Waals surface area contributed by atoms with Crippen molar-refractivity contribution in [2.45, 2.75) is 45.2 Å². The Hall–Kier alpha value is -1.10. The lowest BCUT2D eigenvalue weighted by Gasteiger charge is -2.37. The zero-order valence-electron chi connectivity index (χ0n) is 12.3. The van der Waals surface area contributed by atoms with Gasteiger partial charge in [-0.3, -0.25) is 9.69 Å². The number of phenolic OH excluding ortho intramolecular Hbond substituents is 1. The summed E-state index contributed by atoms with van der Waals surface area (Å²) >= 11 is 6.06. The van der Waals surface area contributed by atoms with Crippen LogP contribution in [0.3, 0.4) is 0 Å². The van der Waals surface area contributed by atoms with Crippen LogP contribution < -0.4 is 0 Å². The van der Waals surface area contributed by atoms with Gasteiger partial charge in [0.25, 0.3) is 0 Å². The molecule has 1 aliphatic rings.